The summed E-state index contributed by atoms with van der Waals surface area (Å²) in [5, 5.41) is 0. The second-order valence-corrected chi connectivity index (χ2v) is 14.0. The molecular formula is C32H44N2O2. The molecule has 1 aromatic heterocycles. The molecule has 11 unspecified atom stereocenters. The number of rotatable bonds is 5. The molecule has 0 aliphatic heterocycles. The van der Waals surface area contributed by atoms with E-state index in [0.29, 0.717) is 10.8 Å². The smallest absolute Gasteiger partial charge is 0.302 e. The van der Waals surface area contributed by atoms with Gasteiger partial charge in [0.05, 0.1) is 11.0 Å². The van der Waals surface area contributed by atoms with Gasteiger partial charge < -0.3 is 9.72 Å². The molecule has 5 fully saturated rings. The Bertz CT molecular complexity index is 1140. The van der Waals surface area contributed by atoms with Gasteiger partial charge in [-0.2, -0.15) is 0 Å². The molecule has 4 bridgehead atoms. The van der Waals surface area contributed by atoms with E-state index < -0.39 is 0 Å². The topological polar surface area (TPSA) is 55.0 Å². The fraction of sp³-hybridized carbons (Fsp3) is 0.750. The summed E-state index contributed by atoms with van der Waals surface area (Å²) in [5.41, 5.74) is 3.26. The van der Waals surface area contributed by atoms with E-state index in [1.807, 2.05) is 0 Å². The maximum absolute atomic E-state index is 11.7. The highest BCUT2D eigenvalue weighted by Crippen LogP contribution is 2.78. The minimum absolute atomic E-state index is 0.0842. The summed E-state index contributed by atoms with van der Waals surface area (Å²) in [6.07, 6.45) is 11.8. The molecule has 5 aliphatic carbocycles. The van der Waals surface area contributed by atoms with Crippen molar-refractivity contribution in [3.8, 4) is 0 Å². The summed E-state index contributed by atoms with van der Waals surface area (Å²) >= 11 is 0. The molecule has 4 nitrogen and oxygen atoms in total. The molecule has 7 rings (SSSR count). The van der Waals surface area contributed by atoms with Crippen LogP contribution in [0, 0.1) is 58.2 Å². The van der Waals surface area contributed by atoms with Gasteiger partial charge in [-0.25, -0.2) is 4.98 Å². The van der Waals surface area contributed by atoms with Crippen LogP contribution >= 0.6 is 0 Å². The summed E-state index contributed by atoms with van der Waals surface area (Å²) in [7, 11) is 0. The summed E-state index contributed by atoms with van der Waals surface area (Å²) < 4.78 is 5.79. The van der Waals surface area contributed by atoms with Crippen LogP contribution in [0.1, 0.15) is 84.9 Å². The van der Waals surface area contributed by atoms with Crippen LogP contribution in [0.15, 0.2) is 24.3 Å². The lowest BCUT2D eigenvalue weighted by molar-refractivity contribution is -0.152. The van der Waals surface area contributed by atoms with Crippen LogP contribution in [-0.4, -0.2) is 22.0 Å². The Morgan fingerprint density at radius 2 is 1.94 bits per heavy atom. The lowest BCUT2D eigenvalue weighted by Gasteiger charge is -2.55. The van der Waals surface area contributed by atoms with Crippen LogP contribution in [0.5, 0.6) is 0 Å². The highest BCUT2D eigenvalue weighted by molar-refractivity contribution is 5.74. The highest BCUT2D eigenvalue weighted by atomic mass is 16.5. The van der Waals surface area contributed by atoms with Crippen LogP contribution < -0.4 is 0 Å². The number of fused-ring (bicyclic) bond motifs is 5. The number of nitrogens with one attached hydrogen (secondary N) is 1. The molecule has 1 N–H and O–H groups in total. The third kappa shape index (κ3) is 3.18. The molecule has 36 heavy (non-hydrogen) atoms. The third-order valence-corrected chi connectivity index (χ3v) is 12.8. The zero-order chi connectivity index (χ0) is 24.8. The van der Waals surface area contributed by atoms with E-state index in [-0.39, 0.29) is 12.1 Å². The summed E-state index contributed by atoms with van der Waals surface area (Å²) in [4.78, 5) is 20.1. The van der Waals surface area contributed by atoms with Crippen molar-refractivity contribution >= 4 is 17.0 Å². The highest BCUT2D eigenvalue weighted by Gasteiger charge is 2.72. The van der Waals surface area contributed by atoms with Crippen LogP contribution in [0.4, 0.5) is 0 Å². The van der Waals surface area contributed by atoms with E-state index >= 15 is 0 Å². The molecule has 0 radical (unpaired) electrons. The van der Waals surface area contributed by atoms with Crippen LogP contribution in [-0.2, 0) is 16.0 Å². The first-order valence-electron chi connectivity index (χ1n) is 14.9. The molecule has 0 saturated heterocycles. The van der Waals surface area contributed by atoms with Gasteiger partial charge >= 0.3 is 5.97 Å². The summed E-state index contributed by atoms with van der Waals surface area (Å²) in [6.45, 7) is 9.46. The maximum atomic E-state index is 11.7. The molecule has 194 valence electrons. The fourth-order valence-corrected chi connectivity index (χ4v) is 11.5. The molecule has 4 heteroatoms. The number of nitrogens with zero attached hydrogens (tertiary/aromatic N) is 1. The van der Waals surface area contributed by atoms with Gasteiger partial charge in [0.2, 0.25) is 0 Å². The molecule has 5 saturated carbocycles. The minimum Gasteiger partial charge on any atom is -0.463 e. The number of carbonyl (C=O) groups is 1. The Morgan fingerprint density at radius 1 is 1.11 bits per heavy atom. The number of hydrogen-bond donors (Lipinski definition) is 1. The molecule has 5 aliphatic rings. The minimum atomic E-state index is -0.0842. The zero-order valence-electron chi connectivity index (χ0n) is 22.6. The molecule has 0 amide bonds. The predicted octanol–water partition coefficient (Wildman–Crippen LogP) is 7.19. The van der Waals surface area contributed by atoms with Crippen molar-refractivity contribution in [2.75, 3.05) is 0 Å². The summed E-state index contributed by atoms with van der Waals surface area (Å²) in [6, 6.07) is 8.41. The number of aryl methyl sites for hydroxylation is 1. The molecule has 1 aromatic carbocycles. The number of para-hydroxylation sites is 2. The van der Waals surface area contributed by atoms with E-state index in [9.17, 15) is 4.79 Å². The number of aromatic amines is 1. The van der Waals surface area contributed by atoms with Gasteiger partial charge in [-0.1, -0.05) is 32.9 Å². The van der Waals surface area contributed by atoms with Crippen molar-refractivity contribution in [2.24, 2.45) is 58.2 Å². The van der Waals surface area contributed by atoms with E-state index in [0.717, 1.165) is 83.5 Å². The standard InChI is InChI=1S/C32H44N2O2/c1-18(9-12-29-33-27-7-5-6-8-28(27)34-29)23-10-11-24-30-22-16-20-15-21(36-19(2)35)17-26(22)32(20,4)25(30)13-14-31(23,24)3/h5-8,18,20-26,30H,9-17H2,1-4H3,(H,33,34). The van der Waals surface area contributed by atoms with Crippen molar-refractivity contribution < 1.29 is 9.53 Å². The first kappa shape index (κ1) is 23.3. The normalized spacial score (nSPS) is 45.4. The number of carbonyl (C=O) groups excluding carboxylic acids is 1. The molecule has 1 heterocycles. The monoisotopic (exact) mass is 488 g/mol. The first-order chi connectivity index (χ1) is 17.3. The van der Waals surface area contributed by atoms with E-state index in [1.165, 1.54) is 38.5 Å². The van der Waals surface area contributed by atoms with Crippen LogP contribution in [0.2, 0.25) is 0 Å². The first-order valence-corrected chi connectivity index (χ1v) is 14.9. The van der Waals surface area contributed by atoms with Gasteiger partial charge in [0.25, 0.3) is 0 Å². The Kier molecular flexibility index (Phi) is 5.23. The predicted molar refractivity (Wildman–Crippen MR) is 142 cm³/mol. The van der Waals surface area contributed by atoms with Crippen molar-refractivity contribution in [1.82, 2.24) is 9.97 Å². The lowest BCUT2D eigenvalue weighted by atomic mass is 9.49. The van der Waals surface area contributed by atoms with Gasteiger partial charge in [-0.15, -0.1) is 0 Å². The summed E-state index contributed by atoms with van der Waals surface area (Å²) in [5.74, 6) is 7.81. The third-order valence-electron chi connectivity index (χ3n) is 12.8. The van der Waals surface area contributed by atoms with E-state index in [1.54, 1.807) is 6.92 Å². The average molecular weight is 489 g/mol. The van der Waals surface area contributed by atoms with Crippen molar-refractivity contribution in [1.29, 1.82) is 0 Å². The maximum Gasteiger partial charge on any atom is 0.302 e. The molecule has 11 atom stereocenters. The Balaban J connectivity index is 1.07. The largest absolute Gasteiger partial charge is 0.463 e. The Labute approximate surface area is 216 Å². The Morgan fingerprint density at radius 3 is 2.75 bits per heavy atom. The lowest BCUT2D eigenvalue weighted by Crippen LogP contribution is -2.49. The number of H-pyrrole nitrogens is 1. The van der Waals surface area contributed by atoms with Gasteiger partial charge in [-0.3, -0.25) is 4.79 Å². The Hall–Kier alpha value is -1.84. The number of esters is 1. The molecule has 2 aromatic rings. The van der Waals surface area contributed by atoms with E-state index in [2.05, 4.69) is 50.0 Å². The number of ether oxygens (including phenoxy) is 1. The molecular weight excluding hydrogens is 444 g/mol. The number of imidazole rings is 1. The second-order valence-electron chi connectivity index (χ2n) is 14.0. The zero-order valence-corrected chi connectivity index (χ0v) is 22.6. The van der Waals surface area contributed by atoms with Gasteiger partial charge in [-0.05, 0) is 122 Å². The van der Waals surface area contributed by atoms with Crippen LogP contribution in [0.3, 0.4) is 0 Å². The average Bonchev–Trinajstić information content (AvgIpc) is 3.50. The number of hydrogen-bond acceptors (Lipinski definition) is 3. The number of aromatic nitrogens is 2. The second kappa shape index (κ2) is 8.08. The molecule has 0 spiro atoms. The van der Waals surface area contributed by atoms with Crippen molar-refractivity contribution in [3.05, 3.63) is 30.1 Å². The van der Waals surface area contributed by atoms with Crippen LogP contribution in [0.25, 0.3) is 11.0 Å². The van der Waals surface area contributed by atoms with Crippen molar-refractivity contribution in [2.45, 2.75) is 91.6 Å². The van der Waals surface area contributed by atoms with E-state index in [4.69, 9.17) is 9.72 Å². The van der Waals surface area contributed by atoms with Gasteiger partial charge in [0.1, 0.15) is 11.9 Å². The van der Waals surface area contributed by atoms with Gasteiger partial charge in [0, 0.05) is 13.3 Å². The number of benzene rings is 1. The fourth-order valence-electron chi connectivity index (χ4n) is 11.5. The SMILES string of the molecule is CC(=O)OC1CC2CC3C4C5CCC(C(C)CCc6nc7ccccc7[nH]6)C5(C)CCC4C2(C)C3C1. The van der Waals surface area contributed by atoms with Gasteiger partial charge in [0.15, 0.2) is 0 Å². The van der Waals surface area contributed by atoms with Crippen molar-refractivity contribution in [3.63, 3.8) is 0 Å². The quantitative estimate of drug-likeness (QED) is 0.453.